The van der Waals surface area contributed by atoms with E-state index in [0.717, 1.165) is 11.5 Å². The third kappa shape index (κ3) is 11.4. The van der Waals surface area contributed by atoms with Crippen LogP contribution >= 0.6 is 0 Å². The molecule has 0 spiro atoms. The molecule has 0 bridgehead atoms. The Morgan fingerprint density at radius 2 is 1.94 bits per heavy atom. The van der Waals surface area contributed by atoms with Crippen molar-refractivity contribution in [1.82, 2.24) is 20.6 Å². The molecular weight excluding hydrogens is 681 g/mol. The van der Waals surface area contributed by atoms with Crippen LogP contribution in [0.1, 0.15) is 47.5 Å². The van der Waals surface area contributed by atoms with Gasteiger partial charge in [0.25, 0.3) is 0 Å². The van der Waals surface area contributed by atoms with Crippen molar-refractivity contribution in [3.05, 3.63) is 0 Å². The Labute approximate surface area is 223 Å². The maximum Gasteiger partial charge on any atom is 0.471 e. The van der Waals surface area contributed by atoms with Crippen LogP contribution in [0.15, 0.2) is 0 Å². The molecule has 0 aliphatic carbocycles. The summed E-state index contributed by atoms with van der Waals surface area (Å²) in [5.74, 6) is -2.42. The van der Waals surface area contributed by atoms with Crippen LogP contribution < -0.4 is 10.6 Å². The number of likely N-dealkylation sites (tertiary alicyclic amines) is 1. The molecule has 34 heavy (non-hydrogen) atoms. The second-order valence-electron chi connectivity index (χ2n) is 8.58. The van der Waals surface area contributed by atoms with Gasteiger partial charge in [0.2, 0.25) is 11.8 Å². The normalized spacial score (nSPS) is 21.6. The Hall–Kier alpha value is -1.34. The van der Waals surface area contributed by atoms with Crippen LogP contribution in [0.2, 0.25) is 0 Å². The Kier molecular flexibility index (Phi) is 16.0. The van der Waals surface area contributed by atoms with Gasteiger partial charge < -0.3 is 20.7 Å². The van der Waals surface area contributed by atoms with Crippen molar-refractivity contribution in [2.45, 2.75) is 59.7 Å². The summed E-state index contributed by atoms with van der Waals surface area (Å²) in [4.78, 5) is 34.8. The molecule has 3 N–H and O–H groups in total. The average molecular weight is 718 g/mol. The molecule has 9 nitrogen and oxygen atoms in total. The monoisotopic (exact) mass is 717 g/mol. The van der Waals surface area contributed by atoms with Crippen LogP contribution in [-0.4, -0.2) is 78.3 Å². The minimum atomic E-state index is -4.95. The molecular formula is C21H36F3N5O4U. The summed E-state index contributed by atoms with van der Waals surface area (Å²) >= 11 is 0. The van der Waals surface area contributed by atoms with E-state index in [1.807, 2.05) is 40.7 Å². The zero-order valence-corrected chi connectivity index (χ0v) is 24.8. The number of carbonyl (C=O) groups excluding carboxylic acids is 3. The number of nitrogens with zero attached hydrogens (tertiary/aromatic N) is 3. The zero-order chi connectivity index (χ0) is 26.0. The predicted octanol–water partition coefficient (Wildman–Crippen LogP) is 1.92. The van der Waals surface area contributed by atoms with E-state index in [1.165, 1.54) is 11.9 Å². The summed E-state index contributed by atoms with van der Waals surface area (Å²) in [6.45, 7) is 11.1. The molecule has 3 amide bonds. The predicted molar refractivity (Wildman–Crippen MR) is 115 cm³/mol. The number of amides is 3. The molecule has 194 valence electrons. The first kappa shape index (κ1) is 34.8. The number of halogens is 3. The van der Waals surface area contributed by atoms with E-state index in [-0.39, 0.29) is 54.3 Å². The van der Waals surface area contributed by atoms with E-state index in [0.29, 0.717) is 26.1 Å². The molecule has 3 atom stereocenters. The van der Waals surface area contributed by atoms with Crippen LogP contribution in [0.25, 0.3) is 0 Å². The van der Waals surface area contributed by atoms with Crippen molar-refractivity contribution in [1.29, 1.82) is 5.26 Å². The molecule has 2 rings (SSSR count). The second kappa shape index (κ2) is 15.6. The third-order valence-corrected chi connectivity index (χ3v) is 5.71. The molecule has 2 fully saturated rings. The standard InChI is InChI=1S/C11H17F3N2O2.C8H13N3O2.C2H6.U/c1-7-5-16(6-10(7,2)3)8(17)4-15-9(18)11(12,13)14;1-11(13)7(5-9)4-6-2-3-10-8(6)12;1-2;/h7H,4-6H2,1-3H3,(H,15,18);6-7,13H,2-4H2,1H3,(H,10,12);1-2H3;. The summed E-state index contributed by atoms with van der Waals surface area (Å²) in [6.07, 6.45) is -3.79. The van der Waals surface area contributed by atoms with Crippen molar-refractivity contribution >= 4 is 17.7 Å². The Bertz CT molecular complexity index is 714. The van der Waals surface area contributed by atoms with Gasteiger partial charge in [-0.3, -0.25) is 14.4 Å². The van der Waals surface area contributed by atoms with Crippen LogP contribution in [0.4, 0.5) is 13.2 Å². The first-order chi connectivity index (χ1) is 15.2. The Balaban J connectivity index is 0. The number of nitriles is 1. The van der Waals surface area contributed by atoms with Gasteiger partial charge in [0.1, 0.15) is 6.04 Å². The van der Waals surface area contributed by atoms with Crippen molar-refractivity contribution in [3.8, 4) is 6.07 Å². The fourth-order valence-corrected chi connectivity index (χ4v) is 3.28. The number of hydrogen-bond acceptors (Lipinski definition) is 6. The molecule has 0 aromatic heterocycles. The molecule has 13 heteroatoms. The molecule has 2 heterocycles. The molecule has 3 unspecified atom stereocenters. The fourth-order valence-electron chi connectivity index (χ4n) is 3.28. The minimum absolute atomic E-state index is 0. The van der Waals surface area contributed by atoms with E-state index in [1.54, 1.807) is 5.32 Å². The number of hydrogen-bond donors (Lipinski definition) is 3. The SMILES string of the molecule is CC.CC1CN(C(=O)CNC(=O)C(F)(F)F)CC1(C)C.CN(O)C(C#N)CC1CCNC1=O.[U]. The fraction of sp³-hybridized carbons (Fsp3) is 0.810. The van der Waals surface area contributed by atoms with E-state index >= 15 is 0 Å². The van der Waals surface area contributed by atoms with Gasteiger partial charge in [-0.25, -0.2) is 0 Å². The van der Waals surface area contributed by atoms with E-state index in [2.05, 4.69) is 5.32 Å². The quantitative estimate of drug-likeness (QED) is 0.374. The van der Waals surface area contributed by atoms with Crippen molar-refractivity contribution in [3.63, 3.8) is 0 Å². The topological polar surface area (TPSA) is 126 Å². The molecule has 0 aromatic carbocycles. The number of carbonyl (C=O) groups is 3. The summed E-state index contributed by atoms with van der Waals surface area (Å²) in [7, 11) is 1.42. The second-order valence-corrected chi connectivity index (χ2v) is 8.58. The zero-order valence-electron chi connectivity index (χ0n) is 20.6. The maximum atomic E-state index is 11.9. The van der Waals surface area contributed by atoms with Gasteiger partial charge in [-0.1, -0.05) is 34.6 Å². The number of alkyl halides is 3. The van der Waals surface area contributed by atoms with Gasteiger partial charge in [0.05, 0.1) is 12.6 Å². The van der Waals surface area contributed by atoms with Crippen molar-refractivity contribution in [2.75, 3.05) is 33.2 Å². The molecule has 0 saturated carbocycles. The van der Waals surface area contributed by atoms with Crippen molar-refractivity contribution < 1.29 is 63.9 Å². The van der Waals surface area contributed by atoms with Gasteiger partial charge >= 0.3 is 12.1 Å². The summed E-state index contributed by atoms with van der Waals surface area (Å²) in [6, 6.07) is 1.36. The van der Waals surface area contributed by atoms with Gasteiger partial charge in [0, 0.05) is 63.7 Å². The average Bonchev–Trinajstić information content (AvgIpc) is 3.26. The van der Waals surface area contributed by atoms with E-state index in [4.69, 9.17) is 10.5 Å². The first-order valence-corrected chi connectivity index (χ1v) is 10.9. The maximum absolute atomic E-state index is 11.9. The molecule has 2 saturated heterocycles. The number of nitrogens with one attached hydrogen (secondary N) is 2. The van der Waals surface area contributed by atoms with Crippen LogP contribution in [-0.2, 0) is 14.4 Å². The van der Waals surface area contributed by atoms with E-state index < -0.39 is 30.6 Å². The van der Waals surface area contributed by atoms with E-state index in [9.17, 15) is 27.6 Å². The van der Waals surface area contributed by atoms with Gasteiger partial charge in [-0.2, -0.15) is 23.5 Å². The van der Waals surface area contributed by atoms with Crippen LogP contribution in [0, 0.1) is 59.7 Å². The molecule has 2 aliphatic heterocycles. The van der Waals surface area contributed by atoms with Gasteiger partial charge in [0.15, 0.2) is 0 Å². The Morgan fingerprint density at radius 1 is 1.38 bits per heavy atom. The van der Waals surface area contributed by atoms with Crippen LogP contribution in [0.5, 0.6) is 0 Å². The van der Waals surface area contributed by atoms with Gasteiger partial charge in [-0.05, 0) is 24.2 Å². The van der Waals surface area contributed by atoms with Crippen LogP contribution in [0.3, 0.4) is 0 Å². The summed E-state index contributed by atoms with van der Waals surface area (Å²) in [5.41, 5.74) is -0.0519. The molecule has 2 aliphatic rings. The largest absolute Gasteiger partial charge is 0.471 e. The molecule has 0 radical (unpaired) electrons. The Morgan fingerprint density at radius 3 is 2.29 bits per heavy atom. The van der Waals surface area contributed by atoms with Gasteiger partial charge in [-0.15, -0.1) is 0 Å². The number of rotatable bonds is 5. The summed E-state index contributed by atoms with van der Waals surface area (Å²) in [5, 5.41) is 22.8. The number of hydroxylamine groups is 2. The molecule has 0 aromatic rings. The smallest absolute Gasteiger partial charge is 0.356 e. The summed E-state index contributed by atoms with van der Waals surface area (Å²) < 4.78 is 35.8. The van der Waals surface area contributed by atoms with Crippen molar-refractivity contribution in [2.24, 2.45) is 17.3 Å². The third-order valence-electron chi connectivity index (χ3n) is 5.71. The first-order valence-electron chi connectivity index (χ1n) is 10.9. The minimum Gasteiger partial charge on any atom is -0.356 e.